The Labute approximate surface area is 101 Å². The number of halogens is 1. The van der Waals surface area contributed by atoms with Crippen molar-refractivity contribution in [1.29, 1.82) is 0 Å². The third kappa shape index (κ3) is 3.48. The number of aliphatic hydroxyl groups is 1. The highest BCUT2D eigenvalue weighted by molar-refractivity contribution is 5.10. The van der Waals surface area contributed by atoms with Crippen molar-refractivity contribution in [3.05, 3.63) is 29.8 Å². The van der Waals surface area contributed by atoms with Crippen LogP contribution in [-0.4, -0.2) is 22.7 Å². The van der Waals surface area contributed by atoms with Gasteiger partial charge in [0.25, 0.3) is 0 Å². The summed E-state index contributed by atoms with van der Waals surface area (Å²) in [4.78, 5) is 3.82. The summed E-state index contributed by atoms with van der Waals surface area (Å²) in [7, 11) is 0. The number of aliphatic hydroxyl groups excluding tert-OH is 1. The van der Waals surface area contributed by atoms with E-state index in [1.54, 1.807) is 6.20 Å². The molecule has 2 N–H and O–H groups in total. The molecule has 17 heavy (non-hydrogen) atoms. The van der Waals surface area contributed by atoms with E-state index in [1.165, 1.54) is 25.1 Å². The lowest BCUT2D eigenvalue weighted by Crippen LogP contribution is -2.39. The van der Waals surface area contributed by atoms with Gasteiger partial charge in [0.05, 0.1) is 6.20 Å². The van der Waals surface area contributed by atoms with Gasteiger partial charge < -0.3 is 10.4 Å². The van der Waals surface area contributed by atoms with Crippen LogP contribution in [-0.2, 0) is 6.54 Å². The van der Waals surface area contributed by atoms with Crippen LogP contribution in [0.4, 0.5) is 4.39 Å². The predicted molar refractivity (Wildman–Crippen MR) is 63.9 cm³/mol. The van der Waals surface area contributed by atoms with Gasteiger partial charge in [-0.2, -0.15) is 0 Å². The van der Waals surface area contributed by atoms with Crippen molar-refractivity contribution >= 4 is 0 Å². The Kier molecular flexibility index (Phi) is 4.45. The van der Waals surface area contributed by atoms with Gasteiger partial charge in [-0.1, -0.05) is 12.8 Å². The molecule has 3 nitrogen and oxygen atoms in total. The van der Waals surface area contributed by atoms with Crippen molar-refractivity contribution in [2.24, 2.45) is 5.92 Å². The highest BCUT2D eigenvalue weighted by atomic mass is 19.1. The summed E-state index contributed by atoms with van der Waals surface area (Å²) in [5.74, 6) is 0.0388. The molecule has 1 fully saturated rings. The van der Waals surface area contributed by atoms with E-state index in [0.717, 1.165) is 18.4 Å². The van der Waals surface area contributed by atoms with Crippen molar-refractivity contribution in [1.82, 2.24) is 10.3 Å². The highest BCUT2D eigenvalue weighted by Gasteiger charge is 2.23. The first-order valence-electron chi connectivity index (χ1n) is 6.23. The standard InChI is InChI=1S/C13H19FN2O/c14-12-5-10(6-15-8-12)7-16-13-4-2-1-3-11(13)9-17/h5-6,8,11,13,16-17H,1-4,7,9H2. The third-order valence-electron chi connectivity index (χ3n) is 3.47. The Morgan fingerprint density at radius 1 is 1.35 bits per heavy atom. The van der Waals surface area contributed by atoms with Crippen LogP contribution in [0.3, 0.4) is 0 Å². The molecule has 2 rings (SSSR count). The molecule has 1 saturated carbocycles. The minimum Gasteiger partial charge on any atom is -0.396 e. The van der Waals surface area contributed by atoms with E-state index in [0.29, 0.717) is 18.5 Å². The van der Waals surface area contributed by atoms with Crippen LogP contribution in [0.15, 0.2) is 18.5 Å². The van der Waals surface area contributed by atoms with Gasteiger partial charge in [-0.25, -0.2) is 4.39 Å². The summed E-state index contributed by atoms with van der Waals surface area (Å²) in [6.07, 6.45) is 7.46. The summed E-state index contributed by atoms with van der Waals surface area (Å²) in [5.41, 5.74) is 0.854. The second-order valence-corrected chi connectivity index (χ2v) is 4.73. The average Bonchev–Trinajstić information content (AvgIpc) is 2.37. The third-order valence-corrected chi connectivity index (χ3v) is 3.47. The molecule has 94 valence electrons. The molecule has 0 aromatic carbocycles. The second kappa shape index (κ2) is 6.07. The van der Waals surface area contributed by atoms with E-state index in [9.17, 15) is 9.50 Å². The van der Waals surface area contributed by atoms with Crippen LogP contribution in [0.1, 0.15) is 31.2 Å². The Balaban J connectivity index is 1.88. The minimum atomic E-state index is -0.299. The van der Waals surface area contributed by atoms with Crippen LogP contribution in [0.5, 0.6) is 0 Å². The number of rotatable bonds is 4. The second-order valence-electron chi connectivity index (χ2n) is 4.73. The fraction of sp³-hybridized carbons (Fsp3) is 0.615. The molecule has 0 bridgehead atoms. The summed E-state index contributed by atoms with van der Waals surface area (Å²) in [6.45, 7) is 0.852. The summed E-state index contributed by atoms with van der Waals surface area (Å²) in [5, 5.41) is 12.7. The number of hydrogen-bond donors (Lipinski definition) is 2. The number of nitrogens with one attached hydrogen (secondary N) is 1. The Hall–Kier alpha value is -1.00. The highest BCUT2D eigenvalue weighted by Crippen LogP contribution is 2.24. The first kappa shape index (κ1) is 12.5. The van der Waals surface area contributed by atoms with Crippen LogP contribution < -0.4 is 5.32 Å². The smallest absolute Gasteiger partial charge is 0.141 e. The van der Waals surface area contributed by atoms with Gasteiger partial charge in [-0.3, -0.25) is 4.98 Å². The Bertz CT molecular complexity index is 359. The molecule has 0 spiro atoms. The monoisotopic (exact) mass is 238 g/mol. The predicted octanol–water partition coefficient (Wildman–Crippen LogP) is 1.86. The maximum atomic E-state index is 12.9. The van der Waals surface area contributed by atoms with Gasteiger partial charge >= 0.3 is 0 Å². The van der Waals surface area contributed by atoms with E-state index in [-0.39, 0.29) is 12.4 Å². The number of hydrogen-bond acceptors (Lipinski definition) is 3. The molecule has 1 heterocycles. The normalized spacial score (nSPS) is 24.8. The van der Waals surface area contributed by atoms with Gasteiger partial charge in [0.15, 0.2) is 0 Å². The zero-order valence-corrected chi connectivity index (χ0v) is 9.90. The van der Waals surface area contributed by atoms with Gasteiger partial charge in [-0.05, 0) is 30.4 Å². The minimum absolute atomic E-state index is 0.235. The van der Waals surface area contributed by atoms with Crippen LogP contribution >= 0.6 is 0 Å². The van der Waals surface area contributed by atoms with Gasteiger partial charge in [0.1, 0.15) is 5.82 Å². The summed E-state index contributed by atoms with van der Waals surface area (Å²) < 4.78 is 12.9. The van der Waals surface area contributed by atoms with Crippen LogP contribution in [0.2, 0.25) is 0 Å². The van der Waals surface area contributed by atoms with Crippen LogP contribution in [0, 0.1) is 11.7 Å². The van der Waals surface area contributed by atoms with Gasteiger partial charge in [-0.15, -0.1) is 0 Å². The number of aromatic nitrogens is 1. The Morgan fingerprint density at radius 2 is 2.18 bits per heavy atom. The molecule has 1 aliphatic carbocycles. The summed E-state index contributed by atoms with van der Waals surface area (Å²) >= 11 is 0. The van der Waals surface area contributed by atoms with Crippen molar-refractivity contribution in [3.8, 4) is 0 Å². The van der Waals surface area contributed by atoms with Crippen LogP contribution in [0.25, 0.3) is 0 Å². The molecular formula is C13H19FN2O. The van der Waals surface area contributed by atoms with Crippen molar-refractivity contribution in [2.45, 2.75) is 38.3 Å². The van der Waals surface area contributed by atoms with Crippen molar-refractivity contribution in [2.75, 3.05) is 6.61 Å². The first-order valence-corrected chi connectivity index (χ1v) is 6.23. The summed E-state index contributed by atoms with van der Waals surface area (Å²) in [6, 6.07) is 1.84. The quantitative estimate of drug-likeness (QED) is 0.841. The van der Waals surface area contributed by atoms with Gasteiger partial charge in [0.2, 0.25) is 0 Å². The topological polar surface area (TPSA) is 45.1 Å². The van der Waals surface area contributed by atoms with Crippen molar-refractivity contribution < 1.29 is 9.50 Å². The zero-order valence-electron chi connectivity index (χ0n) is 9.90. The molecular weight excluding hydrogens is 219 g/mol. The first-order chi connectivity index (χ1) is 8.29. The van der Waals surface area contributed by atoms with E-state index in [2.05, 4.69) is 10.3 Å². The van der Waals surface area contributed by atoms with E-state index >= 15 is 0 Å². The average molecular weight is 238 g/mol. The van der Waals surface area contributed by atoms with E-state index in [1.807, 2.05) is 0 Å². The molecule has 4 heteroatoms. The molecule has 1 aromatic rings. The number of nitrogens with zero attached hydrogens (tertiary/aromatic N) is 1. The molecule has 0 radical (unpaired) electrons. The molecule has 1 aromatic heterocycles. The lowest BCUT2D eigenvalue weighted by Gasteiger charge is -2.31. The Morgan fingerprint density at radius 3 is 2.94 bits per heavy atom. The molecule has 0 saturated heterocycles. The fourth-order valence-electron chi connectivity index (χ4n) is 2.50. The maximum Gasteiger partial charge on any atom is 0.141 e. The molecule has 0 amide bonds. The molecule has 1 aliphatic rings. The van der Waals surface area contributed by atoms with E-state index in [4.69, 9.17) is 0 Å². The molecule has 2 atom stereocenters. The maximum absolute atomic E-state index is 12.9. The zero-order chi connectivity index (χ0) is 12.1. The fourth-order valence-corrected chi connectivity index (χ4v) is 2.50. The number of pyridine rings is 1. The largest absolute Gasteiger partial charge is 0.396 e. The van der Waals surface area contributed by atoms with Crippen molar-refractivity contribution in [3.63, 3.8) is 0 Å². The van der Waals surface area contributed by atoms with Gasteiger partial charge in [0, 0.05) is 25.4 Å². The lowest BCUT2D eigenvalue weighted by atomic mass is 9.85. The molecule has 0 aliphatic heterocycles. The SMILES string of the molecule is OCC1CCCCC1NCc1cncc(F)c1. The van der Waals surface area contributed by atoms with E-state index < -0.39 is 0 Å². The molecule has 2 unspecified atom stereocenters. The lowest BCUT2D eigenvalue weighted by molar-refractivity contribution is 0.152.